The minimum absolute atomic E-state index is 0.103. The van der Waals surface area contributed by atoms with Crippen molar-refractivity contribution >= 4 is 17.5 Å². The van der Waals surface area contributed by atoms with Gasteiger partial charge in [0.2, 0.25) is 5.88 Å². The van der Waals surface area contributed by atoms with Crippen LogP contribution in [0.15, 0.2) is 36.8 Å². The maximum atomic E-state index is 12.8. The summed E-state index contributed by atoms with van der Waals surface area (Å²) >= 11 is 6.09. The largest absolute Gasteiger partial charge is 0.487 e. The van der Waals surface area contributed by atoms with E-state index in [1.165, 1.54) is 7.11 Å². The SMILES string of the molecule is COc1ncccc1C(=O)N1CCCC(Oc2ccncc2Cl)C1. The molecule has 7 heteroatoms. The molecule has 6 nitrogen and oxygen atoms in total. The predicted molar refractivity (Wildman–Crippen MR) is 89.6 cm³/mol. The van der Waals surface area contributed by atoms with Gasteiger partial charge >= 0.3 is 0 Å². The fourth-order valence-corrected chi connectivity index (χ4v) is 2.91. The van der Waals surface area contributed by atoms with E-state index in [1.807, 2.05) is 0 Å². The van der Waals surface area contributed by atoms with Gasteiger partial charge in [0.05, 0.1) is 13.7 Å². The molecule has 24 heavy (non-hydrogen) atoms. The fourth-order valence-electron chi connectivity index (χ4n) is 2.74. The van der Waals surface area contributed by atoms with Gasteiger partial charge in [0.25, 0.3) is 5.91 Å². The summed E-state index contributed by atoms with van der Waals surface area (Å²) in [6.45, 7) is 1.18. The first-order valence-electron chi connectivity index (χ1n) is 7.73. The van der Waals surface area contributed by atoms with Crippen LogP contribution in [-0.4, -0.2) is 47.1 Å². The Kier molecular flexibility index (Phi) is 5.15. The Morgan fingerprint density at radius 3 is 3.04 bits per heavy atom. The van der Waals surface area contributed by atoms with E-state index in [4.69, 9.17) is 21.1 Å². The molecule has 3 rings (SSSR count). The fraction of sp³-hybridized carbons (Fsp3) is 0.353. The molecule has 1 saturated heterocycles. The van der Waals surface area contributed by atoms with Crippen molar-refractivity contribution in [2.75, 3.05) is 20.2 Å². The number of pyridine rings is 2. The summed E-state index contributed by atoms with van der Waals surface area (Å²) in [6, 6.07) is 5.18. The maximum absolute atomic E-state index is 12.8. The molecule has 1 aliphatic heterocycles. The average Bonchev–Trinajstić information content (AvgIpc) is 2.63. The first-order valence-corrected chi connectivity index (χ1v) is 8.11. The van der Waals surface area contributed by atoms with Gasteiger partial charge in [-0.05, 0) is 25.0 Å². The second-order valence-corrected chi connectivity index (χ2v) is 5.91. The Balaban J connectivity index is 1.71. The van der Waals surface area contributed by atoms with Gasteiger partial charge in [0.15, 0.2) is 0 Å². The van der Waals surface area contributed by atoms with Crippen molar-refractivity contribution in [3.05, 3.63) is 47.4 Å². The summed E-state index contributed by atoms with van der Waals surface area (Å²) in [5.41, 5.74) is 0.461. The van der Waals surface area contributed by atoms with Crippen molar-refractivity contribution in [2.24, 2.45) is 0 Å². The zero-order chi connectivity index (χ0) is 16.9. The van der Waals surface area contributed by atoms with Crippen LogP contribution in [0, 0.1) is 0 Å². The average molecular weight is 348 g/mol. The number of hydrogen-bond acceptors (Lipinski definition) is 5. The van der Waals surface area contributed by atoms with Crippen LogP contribution in [-0.2, 0) is 0 Å². The minimum Gasteiger partial charge on any atom is -0.487 e. The van der Waals surface area contributed by atoms with Gasteiger partial charge < -0.3 is 14.4 Å². The lowest BCUT2D eigenvalue weighted by Gasteiger charge is -2.33. The first-order chi connectivity index (χ1) is 11.7. The third kappa shape index (κ3) is 3.59. The van der Waals surface area contributed by atoms with E-state index < -0.39 is 0 Å². The number of aromatic nitrogens is 2. The van der Waals surface area contributed by atoms with Gasteiger partial charge in [-0.1, -0.05) is 11.6 Å². The molecule has 1 unspecified atom stereocenters. The lowest BCUT2D eigenvalue weighted by molar-refractivity contribution is 0.0534. The van der Waals surface area contributed by atoms with E-state index in [-0.39, 0.29) is 12.0 Å². The molecule has 1 fully saturated rings. The quantitative estimate of drug-likeness (QED) is 0.851. The molecule has 0 saturated carbocycles. The Labute approximate surface area is 145 Å². The van der Waals surface area contributed by atoms with E-state index in [0.717, 1.165) is 12.8 Å². The van der Waals surface area contributed by atoms with E-state index >= 15 is 0 Å². The highest BCUT2D eigenvalue weighted by atomic mass is 35.5. The lowest BCUT2D eigenvalue weighted by Crippen LogP contribution is -2.44. The van der Waals surface area contributed by atoms with Crippen molar-refractivity contribution in [1.29, 1.82) is 0 Å². The smallest absolute Gasteiger partial charge is 0.259 e. The molecule has 1 amide bonds. The Morgan fingerprint density at radius 1 is 1.38 bits per heavy atom. The standard InChI is InChI=1S/C17H18ClN3O3/c1-23-16-13(5-2-7-20-16)17(22)21-9-3-4-12(11-21)24-15-6-8-19-10-14(15)18/h2,5-8,10,12H,3-4,9,11H2,1H3. The van der Waals surface area contributed by atoms with Gasteiger partial charge in [-0.3, -0.25) is 9.78 Å². The highest BCUT2D eigenvalue weighted by Crippen LogP contribution is 2.26. The molecule has 0 N–H and O–H groups in total. The molecule has 0 spiro atoms. The maximum Gasteiger partial charge on any atom is 0.259 e. The minimum atomic E-state index is -0.106. The normalized spacial score (nSPS) is 17.4. The van der Waals surface area contributed by atoms with Crippen LogP contribution in [0.2, 0.25) is 5.02 Å². The number of carbonyl (C=O) groups is 1. The van der Waals surface area contributed by atoms with Gasteiger partial charge in [-0.2, -0.15) is 0 Å². The van der Waals surface area contributed by atoms with Crippen molar-refractivity contribution in [3.8, 4) is 11.6 Å². The van der Waals surface area contributed by atoms with Gasteiger partial charge in [0.1, 0.15) is 22.4 Å². The number of ether oxygens (including phenoxy) is 2. The molecule has 0 aromatic carbocycles. The Bertz CT molecular complexity index is 726. The second-order valence-electron chi connectivity index (χ2n) is 5.50. The Hall–Kier alpha value is -2.34. The van der Waals surface area contributed by atoms with Gasteiger partial charge in [0, 0.05) is 31.2 Å². The Morgan fingerprint density at radius 2 is 2.25 bits per heavy atom. The van der Waals surface area contributed by atoms with Crippen LogP contribution >= 0.6 is 11.6 Å². The molecule has 2 aromatic rings. The van der Waals surface area contributed by atoms with E-state index in [2.05, 4.69) is 9.97 Å². The molecule has 1 aliphatic rings. The van der Waals surface area contributed by atoms with Crippen molar-refractivity contribution < 1.29 is 14.3 Å². The van der Waals surface area contributed by atoms with Crippen molar-refractivity contribution in [1.82, 2.24) is 14.9 Å². The summed E-state index contributed by atoms with van der Waals surface area (Å²) < 4.78 is 11.1. The second kappa shape index (κ2) is 7.49. The third-order valence-corrected chi connectivity index (χ3v) is 4.17. The summed E-state index contributed by atoms with van der Waals surface area (Å²) in [5.74, 6) is 0.821. The zero-order valence-electron chi connectivity index (χ0n) is 13.3. The highest BCUT2D eigenvalue weighted by molar-refractivity contribution is 6.31. The van der Waals surface area contributed by atoms with E-state index in [1.54, 1.807) is 41.7 Å². The molecule has 3 heterocycles. The van der Waals surface area contributed by atoms with Crippen LogP contribution < -0.4 is 9.47 Å². The zero-order valence-corrected chi connectivity index (χ0v) is 14.1. The van der Waals surface area contributed by atoms with Crippen LogP contribution in [0.3, 0.4) is 0 Å². The molecule has 2 aromatic heterocycles. The predicted octanol–water partition coefficient (Wildman–Crippen LogP) is 2.82. The van der Waals surface area contributed by atoms with Crippen molar-refractivity contribution in [3.63, 3.8) is 0 Å². The van der Waals surface area contributed by atoms with Crippen LogP contribution in [0.5, 0.6) is 11.6 Å². The molecule has 0 radical (unpaired) electrons. The van der Waals surface area contributed by atoms with Crippen LogP contribution in [0.4, 0.5) is 0 Å². The molecular weight excluding hydrogens is 330 g/mol. The number of amides is 1. The summed E-state index contributed by atoms with van der Waals surface area (Å²) in [5, 5.41) is 0.467. The van der Waals surface area contributed by atoms with E-state index in [0.29, 0.717) is 35.3 Å². The molecule has 0 aliphatic carbocycles. The molecular formula is C17H18ClN3O3. The number of hydrogen-bond donors (Lipinski definition) is 0. The first kappa shape index (κ1) is 16.5. The number of likely N-dealkylation sites (tertiary alicyclic amines) is 1. The number of rotatable bonds is 4. The van der Waals surface area contributed by atoms with E-state index in [9.17, 15) is 4.79 Å². The number of nitrogens with zero attached hydrogens (tertiary/aromatic N) is 3. The molecule has 0 bridgehead atoms. The topological polar surface area (TPSA) is 64.5 Å². The summed E-state index contributed by atoms with van der Waals surface area (Å²) in [6.07, 6.45) is 6.40. The van der Waals surface area contributed by atoms with Gasteiger partial charge in [-0.15, -0.1) is 0 Å². The molecule has 1 atom stereocenters. The number of methoxy groups -OCH3 is 1. The number of carbonyl (C=O) groups excluding carboxylic acids is 1. The lowest BCUT2D eigenvalue weighted by atomic mass is 10.1. The highest BCUT2D eigenvalue weighted by Gasteiger charge is 2.27. The van der Waals surface area contributed by atoms with Crippen molar-refractivity contribution in [2.45, 2.75) is 18.9 Å². The summed E-state index contributed by atoms with van der Waals surface area (Å²) in [4.78, 5) is 22.6. The van der Waals surface area contributed by atoms with Crippen LogP contribution in [0.1, 0.15) is 23.2 Å². The third-order valence-electron chi connectivity index (χ3n) is 3.89. The summed E-state index contributed by atoms with van der Waals surface area (Å²) in [7, 11) is 1.51. The number of piperidine rings is 1. The van der Waals surface area contributed by atoms with Gasteiger partial charge in [-0.25, -0.2) is 4.98 Å². The number of halogens is 1. The van der Waals surface area contributed by atoms with Crippen LogP contribution in [0.25, 0.3) is 0 Å². The molecule has 126 valence electrons. The monoisotopic (exact) mass is 347 g/mol.